The first-order valence-electron chi connectivity index (χ1n) is 5.00. The van der Waals surface area contributed by atoms with Gasteiger partial charge in [-0.05, 0) is 30.2 Å². The summed E-state index contributed by atoms with van der Waals surface area (Å²) in [7, 11) is 0. The standard InChI is InChI=1S/C12H10BrFN2S/c1-8-5-15-12(16-6-8)17-7-9-2-3-10(14)4-11(9)13/h2-6H,7H2,1H3. The first-order valence-corrected chi connectivity index (χ1v) is 6.78. The van der Waals surface area contributed by atoms with Gasteiger partial charge in [-0.3, -0.25) is 0 Å². The smallest absolute Gasteiger partial charge is 0.187 e. The molecule has 0 N–H and O–H groups in total. The van der Waals surface area contributed by atoms with Crippen molar-refractivity contribution in [1.82, 2.24) is 9.97 Å². The van der Waals surface area contributed by atoms with Crippen molar-refractivity contribution in [2.45, 2.75) is 17.8 Å². The summed E-state index contributed by atoms with van der Waals surface area (Å²) in [6, 6.07) is 4.68. The number of hydrogen-bond donors (Lipinski definition) is 0. The van der Waals surface area contributed by atoms with Gasteiger partial charge in [-0.1, -0.05) is 33.8 Å². The molecular formula is C12H10BrFN2S. The van der Waals surface area contributed by atoms with Gasteiger partial charge in [0, 0.05) is 22.6 Å². The Balaban J connectivity index is 2.04. The molecule has 5 heteroatoms. The first-order chi connectivity index (χ1) is 8.15. The number of aromatic nitrogens is 2. The largest absolute Gasteiger partial charge is 0.231 e. The van der Waals surface area contributed by atoms with E-state index in [4.69, 9.17) is 0 Å². The molecule has 1 heterocycles. The molecule has 0 radical (unpaired) electrons. The Labute approximate surface area is 112 Å². The highest BCUT2D eigenvalue weighted by atomic mass is 79.9. The van der Waals surface area contributed by atoms with Crippen molar-refractivity contribution in [2.75, 3.05) is 0 Å². The molecule has 0 aliphatic rings. The predicted molar refractivity (Wildman–Crippen MR) is 70.4 cm³/mol. The molecule has 0 amide bonds. The second kappa shape index (κ2) is 5.60. The summed E-state index contributed by atoms with van der Waals surface area (Å²) in [6.07, 6.45) is 3.57. The maximum atomic E-state index is 12.9. The average molecular weight is 313 g/mol. The normalized spacial score (nSPS) is 10.5. The van der Waals surface area contributed by atoms with E-state index in [1.54, 1.807) is 18.5 Å². The second-order valence-electron chi connectivity index (χ2n) is 3.57. The van der Waals surface area contributed by atoms with E-state index in [0.29, 0.717) is 5.75 Å². The van der Waals surface area contributed by atoms with Crippen molar-refractivity contribution in [3.63, 3.8) is 0 Å². The first kappa shape index (κ1) is 12.5. The fourth-order valence-corrected chi connectivity index (χ4v) is 2.70. The molecule has 2 rings (SSSR count). The maximum Gasteiger partial charge on any atom is 0.187 e. The van der Waals surface area contributed by atoms with Gasteiger partial charge in [0.2, 0.25) is 0 Å². The molecule has 0 fully saturated rings. The molecule has 2 nitrogen and oxygen atoms in total. The Hall–Kier alpha value is -0.940. The van der Waals surface area contributed by atoms with Crippen molar-refractivity contribution >= 4 is 27.7 Å². The molecule has 2 aromatic rings. The Morgan fingerprint density at radius 1 is 1.29 bits per heavy atom. The van der Waals surface area contributed by atoms with Gasteiger partial charge >= 0.3 is 0 Å². The van der Waals surface area contributed by atoms with Crippen LogP contribution in [0.4, 0.5) is 4.39 Å². The van der Waals surface area contributed by atoms with E-state index >= 15 is 0 Å². The van der Waals surface area contributed by atoms with Crippen LogP contribution in [-0.2, 0) is 5.75 Å². The van der Waals surface area contributed by atoms with E-state index in [2.05, 4.69) is 25.9 Å². The number of benzene rings is 1. The van der Waals surface area contributed by atoms with E-state index in [9.17, 15) is 4.39 Å². The molecule has 0 aliphatic carbocycles. The van der Waals surface area contributed by atoms with Gasteiger partial charge in [0.1, 0.15) is 5.82 Å². The van der Waals surface area contributed by atoms with Gasteiger partial charge < -0.3 is 0 Å². The van der Waals surface area contributed by atoms with Gasteiger partial charge in [-0.2, -0.15) is 0 Å². The molecule has 0 aliphatic heterocycles. The van der Waals surface area contributed by atoms with Crippen LogP contribution in [0, 0.1) is 12.7 Å². The van der Waals surface area contributed by atoms with Crippen LogP contribution >= 0.6 is 27.7 Å². The van der Waals surface area contributed by atoms with Crippen molar-refractivity contribution < 1.29 is 4.39 Å². The molecule has 88 valence electrons. The summed E-state index contributed by atoms with van der Waals surface area (Å²) in [5.41, 5.74) is 2.07. The minimum Gasteiger partial charge on any atom is -0.231 e. The van der Waals surface area contributed by atoms with E-state index in [1.807, 2.05) is 6.92 Å². The van der Waals surface area contributed by atoms with Crippen LogP contribution in [0.3, 0.4) is 0 Å². The zero-order valence-electron chi connectivity index (χ0n) is 9.15. The molecule has 0 atom stereocenters. The number of aryl methyl sites for hydroxylation is 1. The summed E-state index contributed by atoms with van der Waals surface area (Å²) in [5, 5.41) is 0.729. The minimum absolute atomic E-state index is 0.239. The fourth-order valence-electron chi connectivity index (χ4n) is 1.24. The number of nitrogens with zero attached hydrogens (tertiary/aromatic N) is 2. The third kappa shape index (κ3) is 3.51. The monoisotopic (exact) mass is 312 g/mol. The lowest BCUT2D eigenvalue weighted by atomic mass is 10.2. The summed E-state index contributed by atoms with van der Waals surface area (Å²) in [4.78, 5) is 8.41. The number of hydrogen-bond acceptors (Lipinski definition) is 3. The molecule has 0 spiro atoms. The molecular weight excluding hydrogens is 303 g/mol. The molecule has 0 saturated carbocycles. The highest BCUT2D eigenvalue weighted by molar-refractivity contribution is 9.10. The van der Waals surface area contributed by atoms with Crippen molar-refractivity contribution in [3.05, 3.63) is 52.0 Å². The van der Waals surface area contributed by atoms with Crippen molar-refractivity contribution in [2.24, 2.45) is 0 Å². The van der Waals surface area contributed by atoms with Crippen molar-refractivity contribution in [3.8, 4) is 0 Å². The van der Waals surface area contributed by atoms with Crippen molar-refractivity contribution in [1.29, 1.82) is 0 Å². The molecule has 1 aromatic heterocycles. The predicted octanol–water partition coefficient (Wildman–Crippen LogP) is 3.98. The summed E-state index contributed by atoms with van der Waals surface area (Å²) in [6.45, 7) is 1.95. The van der Waals surface area contributed by atoms with E-state index in [0.717, 1.165) is 20.8 Å². The third-order valence-corrected chi connectivity index (χ3v) is 3.79. The van der Waals surface area contributed by atoms with Crippen LogP contribution in [0.5, 0.6) is 0 Å². The molecule has 17 heavy (non-hydrogen) atoms. The zero-order chi connectivity index (χ0) is 12.3. The van der Waals surface area contributed by atoms with Crippen LogP contribution in [-0.4, -0.2) is 9.97 Å². The lowest BCUT2D eigenvalue weighted by molar-refractivity contribution is 0.626. The Morgan fingerprint density at radius 3 is 2.65 bits per heavy atom. The summed E-state index contributed by atoms with van der Waals surface area (Å²) in [5.74, 6) is 0.474. The molecule has 0 bridgehead atoms. The van der Waals surface area contributed by atoms with Gasteiger partial charge in [0.05, 0.1) is 0 Å². The van der Waals surface area contributed by atoms with Crippen LogP contribution in [0.15, 0.2) is 40.2 Å². The van der Waals surface area contributed by atoms with Crippen LogP contribution in [0.2, 0.25) is 0 Å². The topological polar surface area (TPSA) is 25.8 Å². The average Bonchev–Trinajstić information content (AvgIpc) is 2.30. The van der Waals surface area contributed by atoms with Crippen LogP contribution < -0.4 is 0 Å². The maximum absolute atomic E-state index is 12.9. The SMILES string of the molecule is Cc1cnc(SCc2ccc(F)cc2Br)nc1. The van der Waals surface area contributed by atoms with Gasteiger partial charge in [-0.25, -0.2) is 14.4 Å². The molecule has 0 unspecified atom stereocenters. The summed E-state index contributed by atoms with van der Waals surface area (Å²) >= 11 is 4.87. The highest BCUT2D eigenvalue weighted by Gasteiger charge is 2.04. The number of thioether (sulfide) groups is 1. The molecule has 1 aromatic carbocycles. The quantitative estimate of drug-likeness (QED) is 0.633. The minimum atomic E-state index is -0.239. The number of halogens is 2. The fraction of sp³-hybridized carbons (Fsp3) is 0.167. The van der Waals surface area contributed by atoms with E-state index < -0.39 is 0 Å². The van der Waals surface area contributed by atoms with E-state index in [-0.39, 0.29) is 5.82 Å². The number of rotatable bonds is 3. The zero-order valence-corrected chi connectivity index (χ0v) is 11.6. The highest BCUT2D eigenvalue weighted by Crippen LogP contribution is 2.25. The Bertz CT molecular complexity index is 516. The lowest BCUT2D eigenvalue weighted by Crippen LogP contribution is -1.89. The van der Waals surface area contributed by atoms with Gasteiger partial charge in [0.15, 0.2) is 5.16 Å². The Morgan fingerprint density at radius 2 is 2.00 bits per heavy atom. The van der Waals surface area contributed by atoms with Gasteiger partial charge in [-0.15, -0.1) is 0 Å². The lowest BCUT2D eigenvalue weighted by Gasteiger charge is -2.03. The second-order valence-corrected chi connectivity index (χ2v) is 5.36. The van der Waals surface area contributed by atoms with Gasteiger partial charge in [0.25, 0.3) is 0 Å². The third-order valence-electron chi connectivity index (χ3n) is 2.13. The van der Waals surface area contributed by atoms with E-state index in [1.165, 1.54) is 23.9 Å². The molecule has 0 saturated heterocycles. The summed E-state index contributed by atoms with van der Waals surface area (Å²) < 4.78 is 13.7. The van der Waals surface area contributed by atoms with Crippen LogP contribution in [0.1, 0.15) is 11.1 Å². The Kier molecular flexibility index (Phi) is 4.12. The van der Waals surface area contributed by atoms with Crippen LogP contribution in [0.25, 0.3) is 0 Å².